The first-order valence-electron chi connectivity index (χ1n) is 10.6. The van der Waals surface area contributed by atoms with Crippen molar-refractivity contribution in [2.45, 2.75) is 38.1 Å². The summed E-state index contributed by atoms with van der Waals surface area (Å²) in [6, 6.07) is 15.7. The first-order chi connectivity index (χ1) is 15.9. The number of hydrogen-bond donors (Lipinski definition) is 1. The van der Waals surface area contributed by atoms with Crippen molar-refractivity contribution in [3.8, 4) is 11.5 Å². The van der Waals surface area contributed by atoms with Crippen molar-refractivity contribution in [2.75, 3.05) is 13.2 Å². The van der Waals surface area contributed by atoms with Gasteiger partial charge in [-0.1, -0.05) is 42.1 Å². The van der Waals surface area contributed by atoms with E-state index in [1.54, 1.807) is 19.1 Å². The lowest BCUT2D eigenvalue weighted by Crippen LogP contribution is -2.49. The minimum absolute atomic E-state index is 0.0664. The summed E-state index contributed by atoms with van der Waals surface area (Å²) in [4.78, 5) is 50.4. The third-order valence-corrected chi connectivity index (χ3v) is 6.00. The van der Waals surface area contributed by atoms with Gasteiger partial charge in [-0.3, -0.25) is 19.2 Å². The maximum atomic E-state index is 12.9. The van der Waals surface area contributed by atoms with Crippen LogP contribution in [0.5, 0.6) is 11.5 Å². The lowest BCUT2D eigenvalue weighted by Gasteiger charge is -2.26. The molecule has 174 valence electrons. The van der Waals surface area contributed by atoms with E-state index in [1.807, 2.05) is 42.5 Å². The van der Waals surface area contributed by atoms with Crippen molar-refractivity contribution in [3.05, 3.63) is 60.2 Å². The lowest BCUT2D eigenvalue weighted by molar-refractivity contribution is -0.144. The van der Waals surface area contributed by atoms with Crippen LogP contribution in [0.3, 0.4) is 0 Å². The number of hydrogen-bond acceptors (Lipinski definition) is 7. The molecule has 2 aromatic carbocycles. The molecule has 1 N–H and O–H groups in total. The average molecular weight is 471 g/mol. The Hall–Kier alpha value is -3.33. The highest BCUT2D eigenvalue weighted by molar-refractivity contribution is 8.14. The second-order valence-electron chi connectivity index (χ2n) is 7.40. The fraction of sp³-hybridized carbons (Fsp3) is 0.333. The molecule has 0 bridgehead atoms. The minimum Gasteiger partial charge on any atom is -0.465 e. The molecule has 0 saturated carbocycles. The van der Waals surface area contributed by atoms with E-state index in [4.69, 9.17) is 9.47 Å². The normalized spacial score (nSPS) is 17.5. The predicted octanol–water partition coefficient (Wildman–Crippen LogP) is 2.91. The van der Waals surface area contributed by atoms with E-state index >= 15 is 0 Å². The predicted molar refractivity (Wildman–Crippen MR) is 124 cm³/mol. The van der Waals surface area contributed by atoms with E-state index < -0.39 is 23.2 Å². The SMILES string of the molecule is CCOC(=O)CNC(=O)C1C(SC(C)=O)CC(=O)N1Cc1ccc(Oc2ccccc2)cc1. The van der Waals surface area contributed by atoms with Gasteiger partial charge in [0.15, 0.2) is 5.12 Å². The van der Waals surface area contributed by atoms with Crippen molar-refractivity contribution in [2.24, 2.45) is 0 Å². The molecule has 0 aromatic heterocycles. The van der Waals surface area contributed by atoms with E-state index in [-0.39, 0.29) is 37.1 Å². The van der Waals surface area contributed by atoms with Gasteiger partial charge in [-0.25, -0.2) is 0 Å². The molecule has 1 aliphatic heterocycles. The van der Waals surface area contributed by atoms with Crippen molar-refractivity contribution in [1.29, 1.82) is 0 Å². The number of nitrogens with one attached hydrogen (secondary N) is 1. The topological polar surface area (TPSA) is 102 Å². The number of carbonyl (C=O) groups is 4. The van der Waals surface area contributed by atoms with Crippen LogP contribution in [-0.4, -0.2) is 52.2 Å². The first kappa shape index (κ1) is 24.3. The van der Waals surface area contributed by atoms with Crippen molar-refractivity contribution < 1.29 is 28.7 Å². The largest absolute Gasteiger partial charge is 0.465 e. The van der Waals surface area contributed by atoms with Gasteiger partial charge in [0, 0.05) is 19.9 Å². The van der Waals surface area contributed by atoms with Gasteiger partial charge in [0.1, 0.15) is 24.1 Å². The van der Waals surface area contributed by atoms with Gasteiger partial charge in [0.25, 0.3) is 0 Å². The Kier molecular flexibility index (Phi) is 8.48. The van der Waals surface area contributed by atoms with Crippen LogP contribution in [0.4, 0.5) is 0 Å². The second-order valence-corrected chi connectivity index (χ2v) is 8.82. The molecule has 2 amide bonds. The Morgan fingerprint density at radius 1 is 1.06 bits per heavy atom. The fourth-order valence-electron chi connectivity index (χ4n) is 3.53. The molecular formula is C24H26N2O6S. The molecule has 1 heterocycles. The summed E-state index contributed by atoms with van der Waals surface area (Å²) >= 11 is 0.966. The zero-order valence-corrected chi connectivity index (χ0v) is 19.3. The number of thioether (sulfide) groups is 1. The molecule has 1 saturated heterocycles. The average Bonchev–Trinajstić information content (AvgIpc) is 3.08. The maximum absolute atomic E-state index is 12.9. The number of likely N-dealkylation sites (tertiary alicyclic amines) is 1. The van der Waals surface area contributed by atoms with Crippen LogP contribution >= 0.6 is 11.8 Å². The van der Waals surface area contributed by atoms with Crippen molar-refractivity contribution >= 4 is 34.7 Å². The monoisotopic (exact) mass is 470 g/mol. The van der Waals surface area contributed by atoms with Gasteiger partial charge in [0.05, 0.1) is 11.9 Å². The zero-order valence-electron chi connectivity index (χ0n) is 18.5. The minimum atomic E-state index is -0.874. The number of esters is 1. The molecule has 33 heavy (non-hydrogen) atoms. The van der Waals surface area contributed by atoms with Gasteiger partial charge >= 0.3 is 5.97 Å². The Bertz CT molecular complexity index is 996. The van der Waals surface area contributed by atoms with Crippen LogP contribution in [0.1, 0.15) is 25.8 Å². The van der Waals surface area contributed by atoms with Crippen LogP contribution < -0.4 is 10.1 Å². The van der Waals surface area contributed by atoms with Gasteiger partial charge in [-0.15, -0.1) is 0 Å². The molecular weight excluding hydrogens is 444 g/mol. The molecule has 2 atom stereocenters. The molecule has 8 nitrogen and oxygen atoms in total. The Balaban J connectivity index is 1.71. The Morgan fingerprint density at radius 2 is 1.73 bits per heavy atom. The number of ether oxygens (including phenoxy) is 2. The van der Waals surface area contributed by atoms with E-state index in [0.717, 1.165) is 17.3 Å². The second kappa shape index (κ2) is 11.5. The third-order valence-electron chi connectivity index (χ3n) is 4.94. The number of carbonyl (C=O) groups excluding carboxylic acids is 4. The molecule has 0 aliphatic carbocycles. The van der Waals surface area contributed by atoms with Crippen LogP contribution in [0.2, 0.25) is 0 Å². The highest BCUT2D eigenvalue weighted by Gasteiger charge is 2.45. The van der Waals surface area contributed by atoms with E-state index in [9.17, 15) is 19.2 Å². The summed E-state index contributed by atoms with van der Waals surface area (Å²) in [5, 5.41) is 1.82. The van der Waals surface area contributed by atoms with Crippen molar-refractivity contribution in [1.82, 2.24) is 10.2 Å². The van der Waals surface area contributed by atoms with Crippen LogP contribution in [0.15, 0.2) is 54.6 Å². The summed E-state index contributed by atoms with van der Waals surface area (Å²) in [5.41, 5.74) is 0.806. The van der Waals surface area contributed by atoms with Crippen LogP contribution in [0, 0.1) is 0 Å². The Morgan fingerprint density at radius 3 is 2.36 bits per heavy atom. The fourth-order valence-corrected chi connectivity index (χ4v) is 4.58. The summed E-state index contributed by atoms with van der Waals surface area (Å²) in [5.74, 6) is 0.0756. The van der Waals surface area contributed by atoms with E-state index in [0.29, 0.717) is 11.5 Å². The van der Waals surface area contributed by atoms with Gasteiger partial charge in [-0.05, 0) is 36.8 Å². The number of rotatable bonds is 9. The standard InChI is InChI=1S/C24H26N2O6S/c1-3-31-22(29)14-25-24(30)23-20(33-16(2)27)13-21(28)26(23)15-17-9-11-19(12-10-17)32-18-7-5-4-6-8-18/h4-12,20,23H,3,13-15H2,1-2H3,(H,25,30). The van der Waals surface area contributed by atoms with E-state index in [2.05, 4.69) is 5.32 Å². The summed E-state index contributed by atoms with van der Waals surface area (Å²) in [7, 11) is 0. The summed E-state index contributed by atoms with van der Waals surface area (Å²) < 4.78 is 10.6. The van der Waals surface area contributed by atoms with Crippen LogP contribution in [-0.2, 0) is 30.5 Å². The number of nitrogens with zero attached hydrogens (tertiary/aromatic N) is 1. The van der Waals surface area contributed by atoms with E-state index in [1.165, 1.54) is 11.8 Å². The lowest BCUT2D eigenvalue weighted by atomic mass is 10.1. The van der Waals surface area contributed by atoms with Gasteiger partial charge in [-0.2, -0.15) is 0 Å². The van der Waals surface area contributed by atoms with Crippen LogP contribution in [0.25, 0.3) is 0 Å². The molecule has 0 spiro atoms. The quantitative estimate of drug-likeness (QED) is 0.562. The number of amides is 2. The van der Waals surface area contributed by atoms with Crippen molar-refractivity contribution in [3.63, 3.8) is 0 Å². The van der Waals surface area contributed by atoms with Gasteiger partial charge < -0.3 is 19.7 Å². The molecule has 1 aliphatic rings. The highest BCUT2D eigenvalue weighted by Crippen LogP contribution is 2.32. The molecule has 2 aromatic rings. The summed E-state index contributed by atoms with van der Waals surface area (Å²) in [6.45, 7) is 3.17. The highest BCUT2D eigenvalue weighted by atomic mass is 32.2. The number of para-hydroxylation sites is 1. The molecule has 0 radical (unpaired) electrons. The first-order valence-corrected chi connectivity index (χ1v) is 11.5. The zero-order chi connectivity index (χ0) is 23.8. The smallest absolute Gasteiger partial charge is 0.325 e. The molecule has 2 unspecified atom stereocenters. The summed E-state index contributed by atoms with van der Waals surface area (Å²) in [6.07, 6.45) is 0.0664. The van der Waals surface area contributed by atoms with Gasteiger partial charge in [0.2, 0.25) is 11.8 Å². The third kappa shape index (κ3) is 6.82. The number of benzene rings is 2. The molecule has 3 rings (SSSR count). The Labute approximate surface area is 196 Å². The molecule has 9 heteroatoms. The molecule has 1 fully saturated rings. The maximum Gasteiger partial charge on any atom is 0.325 e.